The van der Waals surface area contributed by atoms with Gasteiger partial charge in [-0.3, -0.25) is 4.79 Å². The summed E-state index contributed by atoms with van der Waals surface area (Å²) in [5.41, 5.74) is 2.53. The average molecular weight is 271 g/mol. The number of para-hydroxylation sites is 1. The lowest BCUT2D eigenvalue weighted by molar-refractivity contribution is 0.0946. The average Bonchev–Trinajstić information content (AvgIpc) is 3.01. The SMILES string of the molecule is Cc1csc(CNC(=O)c2cc3ccccc3[nH]2)n1. The van der Waals surface area contributed by atoms with Crippen LogP contribution in [0, 0.1) is 6.92 Å². The van der Waals surface area contributed by atoms with Crippen LogP contribution in [0.5, 0.6) is 0 Å². The van der Waals surface area contributed by atoms with Crippen molar-refractivity contribution in [2.75, 3.05) is 0 Å². The van der Waals surface area contributed by atoms with Crippen molar-refractivity contribution in [1.82, 2.24) is 15.3 Å². The summed E-state index contributed by atoms with van der Waals surface area (Å²) in [4.78, 5) is 19.4. The molecule has 0 atom stereocenters. The van der Waals surface area contributed by atoms with Gasteiger partial charge in [0.1, 0.15) is 10.7 Å². The number of hydrogen-bond acceptors (Lipinski definition) is 3. The number of carbonyl (C=O) groups excluding carboxylic acids is 1. The summed E-state index contributed by atoms with van der Waals surface area (Å²) in [6.45, 7) is 2.41. The Morgan fingerprint density at radius 2 is 2.26 bits per heavy atom. The number of aromatic nitrogens is 2. The van der Waals surface area contributed by atoms with Crippen molar-refractivity contribution in [2.45, 2.75) is 13.5 Å². The number of nitrogens with zero attached hydrogens (tertiary/aromatic N) is 1. The number of rotatable bonds is 3. The van der Waals surface area contributed by atoms with Crippen molar-refractivity contribution < 1.29 is 4.79 Å². The fraction of sp³-hybridized carbons (Fsp3) is 0.143. The van der Waals surface area contributed by atoms with E-state index >= 15 is 0 Å². The Bertz CT molecular complexity index is 696. The van der Waals surface area contributed by atoms with Gasteiger partial charge < -0.3 is 10.3 Å². The van der Waals surface area contributed by atoms with Crippen molar-refractivity contribution in [2.24, 2.45) is 0 Å². The highest BCUT2D eigenvalue weighted by molar-refractivity contribution is 7.09. The van der Waals surface area contributed by atoms with Gasteiger partial charge in [-0.2, -0.15) is 0 Å². The van der Waals surface area contributed by atoms with Crippen LogP contribution in [0.1, 0.15) is 21.2 Å². The van der Waals surface area contributed by atoms with E-state index in [-0.39, 0.29) is 5.91 Å². The summed E-state index contributed by atoms with van der Waals surface area (Å²) in [5.74, 6) is -0.107. The third-order valence-electron chi connectivity index (χ3n) is 2.84. The number of nitrogens with one attached hydrogen (secondary N) is 2. The number of aromatic amines is 1. The summed E-state index contributed by atoms with van der Waals surface area (Å²) in [7, 11) is 0. The summed E-state index contributed by atoms with van der Waals surface area (Å²) in [6, 6.07) is 9.69. The molecular weight excluding hydrogens is 258 g/mol. The van der Waals surface area contributed by atoms with Gasteiger partial charge in [-0.15, -0.1) is 11.3 Å². The maximum atomic E-state index is 12.0. The largest absolute Gasteiger partial charge is 0.351 e. The standard InChI is InChI=1S/C14H13N3OS/c1-9-8-19-13(16-9)7-15-14(18)12-6-10-4-2-3-5-11(10)17-12/h2-6,8,17H,7H2,1H3,(H,15,18). The molecule has 5 heteroatoms. The summed E-state index contributed by atoms with van der Waals surface area (Å²) < 4.78 is 0. The Hall–Kier alpha value is -2.14. The normalized spacial score (nSPS) is 10.8. The van der Waals surface area contributed by atoms with Gasteiger partial charge in [0.25, 0.3) is 5.91 Å². The first kappa shape index (κ1) is 11.9. The second kappa shape index (κ2) is 4.85. The van der Waals surface area contributed by atoms with Gasteiger partial charge in [0.15, 0.2) is 0 Å². The molecule has 19 heavy (non-hydrogen) atoms. The Labute approximate surface area is 114 Å². The second-order valence-corrected chi connectivity index (χ2v) is 5.28. The monoisotopic (exact) mass is 271 g/mol. The molecule has 1 amide bonds. The Morgan fingerprint density at radius 1 is 1.42 bits per heavy atom. The van der Waals surface area contributed by atoms with Gasteiger partial charge in [-0.05, 0) is 19.1 Å². The highest BCUT2D eigenvalue weighted by Crippen LogP contribution is 2.15. The molecule has 96 valence electrons. The van der Waals surface area contributed by atoms with E-state index < -0.39 is 0 Å². The van der Waals surface area contributed by atoms with E-state index in [0.29, 0.717) is 12.2 Å². The van der Waals surface area contributed by atoms with Crippen LogP contribution in [-0.2, 0) is 6.54 Å². The van der Waals surface area contributed by atoms with Gasteiger partial charge in [-0.25, -0.2) is 4.98 Å². The van der Waals surface area contributed by atoms with E-state index in [1.807, 2.05) is 42.6 Å². The van der Waals surface area contributed by atoms with Gasteiger partial charge in [0, 0.05) is 22.0 Å². The van der Waals surface area contributed by atoms with Crippen molar-refractivity contribution in [3.63, 3.8) is 0 Å². The lowest BCUT2D eigenvalue weighted by Crippen LogP contribution is -2.22. The van der Waals surface area contributed by atoms with Gasteiger partial charge in [0.2, 0.25) is 0 Å². The first-order valence-electron chi connectivity index (χ1n) is 5.99. The molecule has 0 radical (unpaired) electrons. The molecular formula is C14H13N3OS. The number of amides is 1. The van der Waals surface area contributed by atoms with Crippen LogP contribution in [0.3, 0.4) is 0 Å². The van der Waals surface area contributed by atoms with Gasteiger partial charge >= 0.3 is 0 Å². The first-order valence-corrected chi connectivity index (χ1v) is 6.87. The molecule has 3 aromatic rings. The highest BCUT2D eigenvalue weighted by atomic mass is 32.1. The smallest absolute Gasteiger partial charge is 0.268 e. The molecule has 0 bridgehead atoms. The molecule has 0 spiro atoms. The minimum atomic E-state index is -0.107. The molecule has 2 heterocycles. The fourth-order valence-electron chi connectivity index (χ4n) is 1.93. The van der Waals surface area contributed by atoms with E-state index in [1.165, 1.54) is 0 Å². The third kappa shape index (κ3) is 2.51. The van der Waals surface area contributed by atoms with Crippen LogP contribution in [0.25, 0.3) is 10.9 Å². The van der Waals surface area contributed by atoms with Gasteiger partial charge in [0.05, 0.1) is 6.54 Å². The molecule has 4 nitrogen and oxygen atoms in total. The molecule has 2 N–H and O–H groups in total. The topological polar surface area (TPSA) is 57.8 Å². The fourth-order valence-corrected chi connectivity index (χ4v) is 2.64. The van der Waals surface area contributed by atoms with Crippen LogP contribution in [0.15, 0.2) is 35.7 Å². The maximum Gasteiger partial charge on any atom is 0.268 e. The number of hydrogen-bond donors (Lipinski definition) is 2. The van der Waals surface area contributed by atoms with Crippen molar-refractivity contribution in [1.29, 1.82) is 0 Å². The van der Waals surface area contributed by atoms with Gasteiger partial charge in [-0.1, -0.05) is 18.2 Å². The van der Waals surface area contributed by atoms with E-state index in [4.69, 9.17) is 0 Å². The number of fused-ring (bicyclic) bond motifs is 1. The Morgan fingerprint density at radius 3 is 3.00 bits per heavy atom. The Kier molecular flexibility index (Phi) is 3.05. The number of aryl methyl sites for hydroxylation is 1. The predicted octanol–water partition coefficient (Wildman–Crippen LogP) is 2.86. The van der Waals surface area contributed by atoms with Crippen LogP contribution in [0.4, 0.5) is 0 Å². The molecule has 0 fully saturated rings. The molecule has 0 unspecified atom stereocenters. The molecule has 1 aromatic carbocycles. The van der Waals surface area contributed by atoms with Crippen molar-refractivity contribution in [3.05, 3.63) is 52.1 Å². The molecule has 0 aliphatic heterocycles. The van der Waals surface area contributed by atoms with E-state index in [0.717, 1.165) is 21.6 Å². The number of benzene rings is 1. The summed E-state index contributed by atoms with van der Waals surface area (Å²) in [6.07, 6.45) is 0. The summed E-state index contributed by atoms with van der Waals surface area (Å²) in [5, 5.41) is 6.80. The van der Waals surface area contributed by atoms with Crippen LogP contribution in [-0.4, -0.2) is 15.9 Å². The lowest BCUT2D eigenvalue weighted by Gasteiger charge is -2.00. The highest BCUT2D eigenvalue weighted by Gasteiger charge is 2.09. The molecule has 0 aliphatic carbocycles. The second-order valence-electron chi connectivity index (χ2n) is 4.34. The molecule has 0 aliphatic rings. The minimum Gasteiger partial charge on any atom is -0.351 e. The number of carbonyl (C=O) groups is 1. The van der Waals surface area contributed by atoms with E-state index in [1.54, 1.807) is 11.3 Å². The van der Waals surface area contributed by atoms with Crippen molar-refractivity contribution in [3.8, 4) is 0 Å². The van der Waals surface area contributed by atoms with Crippen LogP contribution >= 0.6 is 11.3 Å². The summed E-state index contributed by atoms with van der Waals surface area (Å²) >= 11 is 1.56. The van der Waals surface area contributed by atoms with E-state index in [2.05, 4.69) is 15.3 Å². The van der Waals surface area contributed by atoms with Crippen molar-refractivity contribution >= 4 is 28.1 Å². The molecule has 0 saturated carbocycles. The third-order valence-corrected chi connectivity index (χ3v) is 3.81. The predicted molar refractivity (Wildman–Crippen MR) is 76.3 cm³/mol. The lowest BCUT2D eigenvalue weighted by atomic mass is 10.2. The zero-order chi connectivity index (χ0) is 13.2. The van der Waals surface area contributed by atoms with Crippen LogP contribution < -0.4 is 5.32 Å². The maximum absolute atomic E-state index is 12.0. The number of H-pyrrole nitrogens is 1. The quantitative estimate of drug-likeness (QED) is 0.769. The number of thiazole rings is 1. The van der Waals surface area contributed by atoms with Crippen LogP contribution in [0.2, 0.25) is 0 Å². The molecule has 3 rings (SSSR count). The zero-order valence-corrected chi connectivity index (χ0v) is 11.3. The Balaban J connectivity index is 1.73. The molecule has 0 saturated heterocycles. The first-order chi connectivity index (χ1) is 9.22. The molecule has 2 aromatic heterocycles. The van der Waals surface area contributed by atoms with E-state index in [9.17, 15) is 4.79 Å². The minimum absolute atomic E-state index is 0.107. The zero-order valence-electron chi connectivity index (χ0n) is 10.4.